The van der Waals surface area contributed by atoms with E-state index < -0.39 is 5.41 Å². The molecular weight excluding hydrogens is 378 g/mol. The molecule has 148 valence electrons. The Bertz CT molecular complexity index is 863. The van der Waals surface area contributed by atoms with Crippen LogP contribution < -0.4 is 9.64 Å². The lowest BCUT2D eigenvalue weighted by Crippen LogP contribution is -2.30. The minimum absolute atomic E-state index is 0.0801. The number of methoxy groups -OCH3 is 1. The van der Waals surface area contributed by atoms with Crippen LogP contribution in [0.2, 0.25) is 5.02 Å². The van der Waals surface area contributed by atoms with Crippen LogP contribution in [-0.4, -0.2) is 32.1 Å². The minimum atomic E-state index is -0.761. The Morgan fingerprint density at radius 2 is 1.93 bits per heavy atom. The van der Waals surface area contributed by atoms with Gasteiger partial charge in [-0.1, -0.05) is 23.7 Å². The molecule has 1 amide bonds. The van der Waals surface area contributed by atoms with E-state index in [2.05, 4.69) is 0 Å². The van der Waals surface area contributed by atoms with Crippen molar-refractivity contribution < 1.29 is 19.1 Å². The quantitative estimate of drug-likeness (QED) is 0.680. The Morgan fingerprint density at radius 3 is 2.61 bits per heavy atom. The van der Waals surface area contributed by atoms with Crippen molar-refractivity contribution >= 4 is 29.2 Å². The zero-order valence-electron chi connectivity index (χ0n) is 16.3. The standard InChI is InChI=1S/C22H24ClNO4/c1-22(2,21(26)27-3)16-5-4-6-19(12-16)28-14-15-11-20(25)24(13-15)18-9-7-17(23)8-10-18/h4-10,12,15H,11,13-14H2,1-3H3. The molecule has 1 unspecified atom stereocenters. The summed E-state index contributed by atoms with van der Waals surface area (Å²) in [7, 11) is 1.38. The number of esters is 1. The Kier molecular flexibility index (Phi) is 5.94. The van der Waals surface area contributed by atoms with Crippen LogP contribution in [0.15, 0.2) is 48.5 Å². The normalized spacial score (nSPS) is 16.9. The summed E-state index contributed by atoms with van der Waals surface area (Å²) in [4.78, 5) is 26.2. The van der Waals surface area contributed by atoms with E-state index in [1.165, 1.54) is 7.11 Å². The zero-order chi connectivity index (χ0) is 20.3. The fraction of sp³-hybridized carbons (Fsp3) is 0.364. The number of carbonyl (C=O) groups is 2. The number of benzene rings is 2. The first-order valence-corrected chi connectivity index (χ1v) is 9.56. The van der Waals surface area contributed by atoms with E-state index in [0.717, 1.165) is 11.3 Å². The zero-order valence-corrected chi connectivity index (χ0v) is 17.0. The minimum Gasteiger partial charge on any atom is -0.493 e. The molecule has 0 saturated carbocycles. The molecule has 1 heterocycles. The highest BCUT2D eigenvalue weighted by Gasteiger charge is 2.32. The third-order valence-electron chi connectivity index (χ3n) is 5.08. The first-order chi connectivity index (χ1) is 13.3. The molecule has 28 heavy (non-hydrogen) atoms. The molecule has 1 aliphatic rings. The fourth-order valence-corrected chi connectivity index (χ4v) is 3.45. The van der Waals surface area contributed by atoms with Crippen molar-refractivity contribution in [1.82, 2.24) is 0 Å². The van der Waals surface area contributed by atoms with Crippen molar-refractivity contribution in [3.63, 3.8) is 0 Å². The number of nitrogens with zero attached hydrogens (tertiary/aromatic N) is 1. The van der Waals surface area contributed by atoms with Crippen molar-refractivity contribution in [3.8, 4) is 5.75 Å². The molecule has 6 heteroatoms. The summed E-state index contributed by atoms with van der Waals surface area (Å²) in [6.45, 7) is 4.67. The van der Waals surface area contributed by atoms with Crippen molar-refractivity contribution in [2.45, 2.75) is 25.7 Å². The molecule has 0 bridgehead atoms. The van der Waals surface area contributed by atoms with E-state index in [9.17, 15) is 9.59 Å². The second-order valence-electron chi connectivity index (χ2n) is 7.51. The van der Waals surface area contributed by atoms with E-state index in [1.54, 1.807) is 17.0 Å². The predicted octanol–water partition coefficient (Wildman–Crippen LogP) is 4.22. The van der Waals surface area contributed by atoms with Gasteiger partial charge in [0.2, 0.25) is 5.91 Å². The van der Waals surface area contributed by atoms with E-state index >= 15 is 0 Å². The lowest BCUT2D eigenvalue weighted by atomic mass is 9.85. The highest BCUT2D eigenvalue weighted by Crippen LogP contribution is 2.29. The lowest BCUT2D eigenvalue weighted by molar-refractivity contribution is -0.146. The number of halogens is 1. The molecule has 3 rings (SSSR count). The van der Waals surface area contributed by atoms with Crippen molar-refractivity contribution in [1.29, 1.82) is 0 Å². The Labute approximate surface area is 170 Å². The average molecular weight is 402 g/mol. The van der Waals surface area contributed by atoms with Gasteiger partial charge in [-0.05, 0) is 55.8 Å². The lowest BCUT2D eigenvalue weighted by Gasteiger charge is -2.22. The van der Waals surface area contributed by atoms with Crippen molar-refractivity contribution in [2.24, 2.45) is 5.92 Å². The Hall–Kier alpha value is -2.53. The summed E-state index contributed by atoms with van der Waals surface area (Å²) in [6, 6.07) is 14.7. The molecule has 1 saturated heterocycles. The number of rotatable bonds is 6. The predicted molar refractivity (Wildman–Crippen MR) is 109 cm³/mol. The van der Waals surface area contributed by atoms with Crippen LogP contribution in [0.25, 0.3) is 0 Å². The fourth-order valence-electron chi connectivity index (χ4n) is 3.33. The molecule has 0 aromatic heterocycles. The molecule has 0 spiro atoms. The summed E-state index contributed by atoms with van der Waals surface area (Å²) < 4.78 is 10.8. The molecule has 0 radical (unpaired) electrons. The molecule has 2 aromatic rings. The van der Waals surface area contributed by atoms with Gasteiger partial charge in [0.25, 0.3) is 0 Å². The Morgan fingerprint density at radius 1 is 1.21 bits per heavy atom. The van der Waals surface area contributed by atoms with E-state index in [-0.39, 0.29) is 17.8 Å². The van der Waals surface area contributed by atoms with Crippen LogP contribution >= 0.6 is 11.6 Å². The Balaban J connectivity index is 1.63. The first-order valence-electron chi connectivity index (χ1n) is 9.19. The second-order valence-corrected chi connectivity index (χ2v) is 7.94. The van der Waals surface area contributed by atoms with E-state index in [0.29, 0.717) is 30.3 Å². The van der Waals surface area contributed by atoms with Crippen LogP contribution in [0, 0.1) is 5.92 Å². The molecule has 1 fully saturated rings. The molecular formula is C22H24ClNO4. The topological polar surface area (TPSA) is 55.8 Å². The largest absolute Gasteiger partial charge is 0.493 e. The average Bonchev–Trinajstić information content (AvgIpc) is 3.07. The summed E-state index contributed by atoms with van der Waals surface area (Å²) in [6.07, 6.45) is 0.440. The van der Waals surface area contributed by atoms with Gasteiger partial charge in [-0.2, -0.15) is 0 Å². The highest BCUT2D eigenvalue weighted by molar-refractivity contribution is 6.30. The van der Waals surface area contributed by atoms with Crippen molar-refractivity contribution in [3.05, 3.63) is 59.1 Å². The number of ether oxygens (including phenoxy) is 2. The van der Waals surface area contributed by atoms with E-state index in [1.807, 2.05) is 50.2 Å². The van der Waals surface area contributed by atoms with Crippen molar-refractivity contribution in [2.75, 3.05) is 25.2 Å². The van der Waals surface area contributed by atoms with E-state index in [4.69, 9.17) is 21.1 Å². The van der Waals surface area contributed by atoms with Crippen LogP contribution in [0.3, 0.4) is 0 Å². The maximum Gasteiger partial charge on any atom is 0.315 e. The maximum atomic E-state index is 12.4. The summed E-state index contributed by atoms with van der Waals surface area (Å²) in [5, 5.41) is 0.644. The smallest absolute Gasteiger partial charge is 0.315 e. The number of anilines is 1. The van der Waals surface area contributed by atoms with Gasteiger partial charge in [-0.25, -0.2) is 0 Å². The van der Waals surface area contributed by atoms with Gasteiger partial charge >= 0.3 is 5.97 Å². The summed E-state index contributed by atoms with van der Waals surface area (Å²) in [5.74, 6) is 0.550. The van der Waals surface area contributed by atoms with Gasteiger partial charge in [0.1, 0.15) is 5.75 Å². The van der Waals surface area contributed by atoms with Gasteiger partial charge in [-0.3, -0.25) is 9.59 Å². The van der Waals surface area contributed by atoms with Gasteiger partial charge in [-0.15, -0.1) is 0 Å². The van der Waals surface area contributed by atoms with Gasteiger partial charge in [0.05, 0.1) is 19.1 Å². The second kappa shape index (κ2) is 8.23. The van der Waals surface area contributed by atoms with Crippen LogP contribution in [0.4, 0.5) is 5.69 Å². The maximum absolute atomic E-state index is 12.4. The molecule has 5 nitrogen and oxygen atoms in total. The number of amides is 1. The van der Waals surface area contributed by atoms with Gasteiger partial charge in [0.15, 0.2) is 0 Å². The molecule has 0 aliphatic carbocycles. The number of hydrogen-bond acceptors (Lipinski definition) is 4. The summed E-state index contributed by atoms with van der Waals surface area (Å²) >= 11 is 5.92. The number of carbonyl (C=O) groups excluding carboxylic acids is 2. The number of hydrogen-bond donors (Lipinski definition) is 0. The summed E-state index contributed by atoms with van der Waals surface area (Å²) in [5.41, 5.74) is 0.906. The highest BCUT2D eigenvalue weighted by atomic mass is 35.5. The molecule has 1 aliphatic heterocycles. The van der Waals surface area contributed by atoms with Crippen LogP contribution in [0.1, 0.15) is 25.8 Å². The van der Waals surface area contributed by atoms with Gasteiger partial charge in [0, 0.05) is 29.6 Å². The molecule has 0 N–H and O–H groups in total. The third kappa shape index (κ3) is 4.30. The third-order valence-corrected chi connectivity index (χ3v) is 5.33. The van der Waals surface area contributed by atoms with Crippen LogP contribution in [-0.2, 0) is 19.7 Å². The SMILES string of the molecule is COC(=O)C(C)(C)c1cccc(OCC2CC(=O)N(c3ccc(Cl)cc3)C2)c1. The van der Waals surface area contributed by atoms with Crippen LogP contribution in [0.5, 0.6) is 5.75 Å². The van der Waals surface area contributed by atoms with Gasteiger partial charge < -0.3 is 14.4 Å². The molecule has 2 aromatic carbocycles. The molecule has 1 atom stereocenters. The first kappa shape index (κ1) is 20.2. The monoisotopic (exact) mass is 401 g/mol.